The molecule has 0 aliphatic carbocycles. The number of amides is 2. The number of rotatable bonds is 4. The number of carbonyl (C=O) groups excluding carboxylic acids is 1. The summed E-state index contributed by atoms with van der Waals surface area (Å²) in [6, 6.07) is 16.0. The van der Waals surface area contributed by atoms with Gasteiger partial charge in [-0.2, -0.15) is 0 Å². The Morgan fingerprint density at radius 3 is 2.00 bits per heavy atom. The molecule has 4 rings (SSSR count). The number of ether oxygens (including phenoxy) is 2. The summed E-state index contributed by atoms with van der Waals surface area (Å²) in [5.74, 6) is 1.75. The zero-order valence-corrected chi connectivity index (χ0v) is 16.3. The van der Waals surface area contributed by atoms with Gasteiger partial charge in [-0.05, 0) is 35.4 Å². The van der Waals surface area contributed by atoms with Gasteiger partial charge in [0.2, 0.25) is 0 Å². The molecule has 2 saturated heterocycles. The standard InChI is InChI=1S/C21H26N4O3/c1-13-19(15-6-10-17(28-3)11-7-15)22-18(12-21(13)23-20(26)24-25-21)14-4-8-16(27-2)9-5-14/h4-11,13,18-19,22,25H,12H2,1-3H3,(H2,23,24,26). The van der Waals surface area contributed by atoms with Gasteiger partial charge in [-0.1, -0.05) is 31.2 Å². The van der Waals surface area contributed by atoms with E-state index in [1.807, 2.05) is 24.3 Å². The van der Waals surface area contributed by atoms with Gasteiger partial charge in [-0.25, -0.2) is 10.2 Å². The van der Waals surface area contributed by atoms with Gasteiger partial charge in [0.05, 0.1) is 14.2 Å². The molecule has 2 fully saturated rings. The van der Waals surface area contributed by atoms with Crippen molar-refractivity contribution >= 4 is 6.03 Å². The molecule has 0 bridgehead atoms. The van der Waals surface area contributed by atoms with Crippen LogP contribution in [0.25, 0.3) is 0 Å². The number of methoxy groups -OCH3 is 2. The molecule has 0 radical (unpaired) electrons. The molecular formula is C21H26N4O3. The monoisotopic (exact) mass is 382 g/mol. The summed E-state index contributed by atoms with van der Waals surface area (Å²) >= 11 is 0. The largest absolute Gasteiger partial charge is 0.497 e. The van der Waals surface area contributed by atoms with Crippen molar-refractivity contribution in [3.8, 4) is 11.5 Å². The van der Waals surface area contributed by atoms with Crippen molar-refractivity contribution in [2.24, 2.45) is 5.92 Å². The van der Waals surface area contributed by atoms with Crippen LogP contribution < -0.4 is 31.0 Å². The van der Waals surface area contributed by atoms with E-state index in [1.54, 1.807) is 14.2 Å². The van der Waals surface area contributed by atoms with E-state index < -0.39 is 5.66 Å². The molecule has 2 heterocycles. The van der Waals surface area contributed by atoms with Gasteiger partial charge in [-0.15, -0.1) is 0 Å². The minimum atomic E-state index is -0.544. The second kappa shape index (κ2) is 7.33. The molecule has 2 amide bonds. The van der Waals surface area contributed by atoms with Crippen molar-refractivity contribution < 1.29 is 14.3 Å². The van der Waals surface area contributed by atoms with Gasteiger partial charge in [-0.3, -0.25) is 5.43 Å². The van der Waals surface area contributed by atoms with Gasteiger partial charge in [0.15, 0.2) is 0 Å². The molecule has 4 N–H and O–H groups in total. The van der Waals surface area contributed by atoms with Gasteiger partial charge < -0.3 is 20.1 Å². The molecule has 1 spiro atoms. The Labute approximate surface area is 164 Å². The topological polar surface area (TPSA) is 83.7 Å². The van der Waals surface area contributed by atoms with Crippen molar-refractivity contribution in [3.63, 3.8) is 0 Å². The van der Waals surface area contributed by atoms with Crippen molar-refractivity contribution in [1.82, 2.24) is 21.5 Å². The van der Waals surface area contributed by atoms with Crippen molar-refractivity contribution in [2.45, 2.75) is 31.1 Å². The smallest absolute Gasteiger partial charge is 0.330 e. The van der Waals surface area contributed by atoms with E-state index in [0.717, 1.165) is 22.6 Å². The fraction of sp³-hybridized carbons (Fsp3) is 0.381. The highest BCUT2D eigenvalue weighted by atomic mass is 16.5. The molecule has 2 aromatic rings. The van der Waals surface area contributed by atoms with Gasteiger partial charge in [0, 0.05) is 24.4 Å². The van der Waals surface area contributed by atoms with Crippen molar-refractivity contribution in [3.05, 3.63) is 59.7 Å². The first-order valence-electron chi connectivity index (χ1n) is 9.44. The molecule has 7 nitrogen and oxygen atoms in total. The van der Waals surface area contributed by atoms with Gasteiger partial charge in [0.1, 0.15) is 17.2 Å². The fourth-order valence-corrected chi connectivity index (χ4v) is 4.22. The van der Waals surface area contributed by atoms with Crippen LogP contribution in [0.3, 0.4) is 0 Å². The molecule has 0 saturated carbocycles. The molecule has 2 aliphatic rings. The number of hydrazine groups is 1. The first-order chi connectivity index (χ1) is 13.5. The Morgan fingerprint density at radius 2 is 1.50 bits per heavy atom. The number of hydrogen-bond donors (Lipinski definition) is 4. The Morgan fingerprint density at radius 1 is 0.929 bits per heavy atom. The third-order valence-corrected chi connectivity index (χ3v) is 5.91. The zero-order chi connectivity index (χ0) is 19.7. The number of benzene rings is 2. The van der Waals surface area contributed by atoms with Crippen LogP contribution in [-0.4, -0.2) is 25.9 Å². The average Bonchev–Trinajstić information content (AvgIpc) is 3.11. The van der Waals surface area contributed by atoms with Crippen molar-refractivity contribution in [2.75, 3.05) is 14.2 Å². The second-order valence-electron chi connectivity index (χ2n) is 7.41. The SMILES string of the molecule is COc1ccc(C2CC3(NNC(=O)N3)C(C)C(c3ccc(OC)cc3)N2)cc1. The molecule has 2 aliphatic heterocycles. The van der Waals surface area contributed by atoms with Gasteiger partial charge >= 0.3 is 6.03 Å². The lowest BCUT2D eigenvalue weighted by molar-refractivity contribution is 0.0878. The normalized spacial score (nSPS) is 29.2. The number of urea groups is 1. The van der Waals surface area contributed by atoms with Crippen LogP contribution in [0.15, 0.2) is 48.5 Å². The average molecular weight is 382 g/mol. The van der Waals surface area contributed by atoms with E-state index in [1.165, 1.54) is 0 Å². The van der Waals surface area contributed by atoms with E-state index in [-0.39, 0.29) is 24.0 Å². The maximum Gasteiger partial charge on any atom is 0.330 e. The van der Waals surface area contributed by atoms with E-state index in [9.17, 15) is 4.79 Å². The highest BCUT2D eigenvalue weighted by Gasteiger charge is 2.51. The van der Waals surface area contributed by atoms with Crippen LogP contribution >= 0.6 is 0 Å². The first-order valence-corrected chi connectivity index (χ1v) is 9.44. The highest BCUT2D eigenvalue weighted by molar-refractivity contribution is 5.76. The minimum Gasteiger partial charge on any atom is -0.497 e. The Kier molecular flexibility index (Phi) is 4.87. The molecule has 28 heavy (non-hydrogen) atoms. The van der Waals surface area contributed by atoms with Crippen LogP contribution in [0.5, 0.6) is 11.5 Å². The first kappa shape index (κ1) is 18.6. The van der Waals surface area contributed by atoms with Crippen LogP contribution in [0, 0.1) is 5.92 Å². The quantitative estimate of drug-likeness (QED) is 0.653. The van der Waals surface area contributed by atoms with Crippen LogP contribution in [0.2, 0.25) is 0 Å². The second-order valence-corrected chi connectivity index (χ2v) is 7.41. The fourth-order valence-electron chi connectivity index (χ4n) is 4.22. The van der Waals surface area contributed by atoms with E-state index in [2.05, 4.69) is 52.7 Å². The van der Waals surface area contributed by atoms with Crippen LogP contribution in [0.1, 0.15) is 36.6 Å². The summed E-state index contributed by atoms with van der Waals surface area (Å²) in [6.07, 6.45) is 0.714. The molecule has 7 heteroatoms. The summed E-state index contributed by atoms with van der Waals surface area (Å²) in [5.41, 5.74) is 7.69. The number of nitrogens with one attached hydrogen (secondary N) is 4. The summed E-state index contributed by atoms with van der Waals surface area (Å²) in [5, 5.41) is 6.89. The number of carbonyl (C=O) groups is 1. The lowest BCUT2D eigenvalue weighted by Gasteiger charge is -2.47. The Balaban J connectivity index is 1.68. The molecule has 2 aromatic carbocycles. The Hall–Kier alpha value is -2.77. The summed E-state index contributed by atoms with van der Waals surface area (Å²) < 4.78 is 10.6. The lowest BCUT2D eigenvalue weighted by Crippen LogP contribution is -2.63. The van der Waals surface area contributed by atoms with Crippen LogP contribution in [0.4, 0.5) is 4.79 Å². The third-order valence-electron chi connectivity index (χ3n) is 5.91. The Bertz CT molecular complexity index is 840. The van der Waals surface area contributed by atoms with Crippen LogP contribution in [-0.2, 0) is 0 Å². The molecule has 4 unspecified atom stereocenters. The summed E-state index contributed by atoms with van der Waals surface area (Å²) in [4.78, 5) is 12.0. The minimum absolute atomic E-state index is 0.0412. The van der Waals surface area contributed by atoms with E-state index in [4.69, 9.17) is 9.47 Å². The van der Waals surface area contributed by atoms with Crippen molar-refractivity contribution in [1.29, 1.82) is 0 Å². The van der Waals surface area contributed by atoms with E-state index in [0.29, 0.717) is 6.42 Å². The predicted octanol–water partition coefficient (Wildman–Crippen LogP) is 2.63. The molecule has 148 valence electrons. The maximum atomic E-state index is 12.0. The molecular weight excluding hydrogens is 356 g/mol. The third kappa shape index (κ3) is 3.27. The predicted molar refractivity (Wildman–Crippen MR) is 106 cm³/mol. The zero-order valence-electron chi connectivity index (χ0n) is 16.3. The maximum absolute atomic E-state index is 12.0. The lowest BCUT2D eigenvalue weighted by atomic mass is 9.75. The van der Waals surface area contributed by atoms with E-state index >= 15 is 0 Å². The summed E-state index contributed by atoms with van der Waals surface area (Å²) in [6.45, 7) is 2.15. The summed E-state index contributed by atoms with van der Waals surface area (Å²) in [7, 11) is 3.32. The molecule has 4 atom stereocenters. The number of piperidine rings is 1. The van der Waals surface area contributed by atoms with Gasteiger partial charge in [0.25, 0.3) is 0 Å². The molecule has 0 aromatic heterocycles. The highest BCUT2D eigenvalue weighted by Crippen LogP contribution is 2.42. The number of hydrogen-bond acceptors (Lipinski definition) is 5.